The fourth-order valence-corrected chi connectivity index (χ4v) is 1.85. The second-order valence-electron chi connectivity index (χ2n) is 3.42. The molecule has 0 radical (unpaired) electrons. The van der Waals surface area contributed by atoms with E-state index in [1.807, 2.05) is 0 Å². The highest BCUT2D eigenvalue weighted by Crippen LogP contribution is 2.31. The molecule has 2 rings (SSSR count). The Morgan fingerprint density at radius 2 is 2.00 bits per heavy atom. The van der Waals surface area contributed by atoms with Crippen LogP contribution < -0.4 is 0 Å². The van der Waals surface area contributed by atoms with Crippen LogP contribution in [0.5, 0.6) is 0 Å². The molecule has 3 nitrogen and oxygen atoms in total. The van der Waals surface area contributed by atoms with Crippen molar-refractivity contribution in [1.82, 2.24) is 0 Å². The zero-order valence-corrected chi connectivity index (χ0v) is 8.66. The van der Waals surface area contributed by atoms with Crippen LogP contribution in [-0.4, -0.2) is 11.8 Å². The number of carbonyl (C=O) groups is 2. The van der Waals surface area contributed by atoms with Gasteiger partial charge in [0.15, 0.2) is 0 Å². The Kier molecular flexibility index (Phi) is 2.73. The molecule has 1 aromatic rings. The van der Waals surface area contributed by atoms with E-state index in [9.17, 15) is 9.59 Å². The first kappa shape index (κ1) is 10.2. The van der Waals surface area contributed by atoms with Crippen molar-refractivity contribution in [2.75, 3.05) is 0 Å². The summed E-state index contributed by atoms with van der Waals surface area (Å²) in [5.41, 5.74) is 0.695. The minimum atomic E-state index is -0.521. The number of benzene rings is 1. The lowest BCUT2D eigenvalue weighted by Gasteiger charge is -2.22. The van der Waals surface area contributed by atoms with Crippen LogP contribution in [0.1, 0.15) is 24.5 Å². The summed E-state index contributed by atoms with van der Waals surface area (Å²) in [5, 5.41) is 0.519. The van der Waals surface area contributed by atoms with E-state index in [1.54, 1.807) is 24.3 Å². The van der Waals surface area contributed by atoms with Gasteiger partial charge < -0.3 is 4.74 Å². The third-order valence-electron chi connectivity index (χ3n) is 2.28. The zero-order valence-electron chi connectivity index (χ0n) is 7.90. The van der Waals surface area contributed by atoms with Gasteiger partial charge in [0.05, 0.1) is 0 Å². The van der Waals surface area contributed by atoms with Crippen LogP contribution in [0.25, 0.3) is 0 Å². The average Bonchev–Trinajstić information content (AvgIpc) is 2.16. The summed E-state index contributed by atoms with van der Waals surface area (Å²) in [4.78, 5) is 22.3. The molecule has 1 unspecified atom stereocenters. The average molecular weight is 225 g/mol. The summed E-state index contributed by atoms with van der Waals surface area (Å²) in [7, 11) is 0. The maximum Gasteiger partial charge on any atom is 0.313 e. The first-order valence-corrected chi connectivity index (χ1v) is 5.00. The Bertz CT molecular complexity index is 398. The molecule has 1 heterocycles. The van der Waals surface area contributed by atoms with Crippen LogP contribution in [0, 0.1) is 0 Å². The van der Waals surface area contributed by atoms with Gasteiger partial charge in [-0.15, -0.1) is 0 Å². The van der Waals surface area contributed by atoms with E-state index in [0.717, 1.165) is 0 Å². The molecule has 4 heteroatoms. The van der Waals surface area contributed by atoms with Crippen LogP contribution in [0.2, 0.25) is 5.02 Å². The van der Waals surface area contributed by atoms with Gasteiger partial charge in [-0.1, -0.05) is 29.8 Å². The minimum absolute atomic E-state index is 0.101. The smallest absolute Gasteiger partial charge is 0.313 e. The highest BCUT2D eigenvalue weighted by molar-refractivity contribution is 6.31. The van der Waals surface area contributed by atoms with Crippen LogP contribution in [-0.2, 0) is 14.3 Å². The van der Waals surface area contributed by atoms with Crippen LogP contribution >= 0.6 is 11.6 Å². The van der Waals surface area contributed by atoms with Crippen molar-refractivity contribution < 1.29 is 14.3 Å². The zero-order chi connectivity index (χ0) is 10.8. The Labute approximate surface area is 92.0 Å². The van der Waals surface area contributed by atoms with Crippen LogP contribution in [0.4, 0.5) is 0 Å². The minimum Gasteiger partial charge on any atom is -0.457 e. The quantitative estimate of drug-likeness (QED) is 0.543. The summed E-state index contributed by atoms with van der Waals surface area (Å²) in [6, 6.07) is 7.06. The van der Waals surface area contributed by atoms with E-state index in [-0.39, 0.29) is 18.6 Å². The number of ketones is 1. The van der Waals surface area contributed by atoms with Crippen molar-refractivity contribution >= 4 is 23.4 Å². The molecule has 1 aliphatic rings. The Morgan fingerprint density at radius 3 is 2.67 bits per heavy atom. The van der Waals surface area contributed by atoms with Crippen molar-refractivity contribution in [2.24, 2.45) is 0 Å². The van der Waals surface area contributed by atoms with Gasteiger partial charge in [-0.05, 0) is 6.07 Å². The predicted octanol–water partition coefficient (Wildman–Crippen LogP) is 2.29. The summed E-state index contributed by atoms with van der Waals surface area (Å²) in [5.74, 6) is -0.577. The summed E-state index contributed by atoms with van der Waals surface area (Å²) < 4.78 is 5.08. The molecule has 0 saturated carbocycles. The second-order valence-corrected chi connectivity index (χ2v) is 3.83. The van der Waals surface area contributed by atoms with E-state index in [0.29, 0.717) is 10.6 Å². The lowest BCUT2D eigenvalue weighted by atomic mass is 10.0. The lowest BCUT2D eigenvalue weighted by Crippen LogP contribution is -2.24. The Balaban J connectivity index is 2.27. The molecule has 0 amide bonds. The monoisotopic (exact) mass is 224 g/mol. The first-order valence-electron chi connectivity index (χ1n) is 4.62. The fourth-order valence-electron chi connectivity index (χ4n) is 1.59. The molecule has 1 aliphatic heterocycles. The molecule has 0 aromatic heterocycles. The van der Waals surface area contributed by atoms with Gasteiger partial charge in [-0.25, -0.2) is 0 Å². The molecule has 15 heavy (non-hydrogen) atoms. The summed E-state index contributed by atoms with van der Waals surface area (Å²) in [6.07, 6.45) is -0.427. The molecular weight excluding hydrogens is 216 g/mol. The predicted molar refractivity (Wildman–Crippen MR) is 54.5 cm³/mol. The van der Waals surface area contributed by atoms with Gasteiger partial charge in [0.25, 0.3) is 0 Å². The lowest BCUT2D eigenvalue weighted by molar-refractivity contribution is -0.158. The topological polar surface area (TPSA) is 43.4 Å². The Morgan fingerprint density at radius 1 is 1.27 bits per heavy atom. The molecule has 78 valence electrons. The number of carbonyl (C=O) groups excluding carboxylic acids is 2. The molecule has 0 bridgehead atoms. The van der Waals surface area contributed by atoms with Gasteiger partial charge in [0.1, 0.15) is 18.3 Å². The summed E-state index contributed by atoms with van der Waals surface area (Å²) in [6.45, 7) is 0. The van der Waals surface area contributed by atoms with Crippen molar-refractivity contribution in [1.29, 1.82) is 0 Å². The standard InChI is InChI=1S/C11H9ClO3/c12-9-4-2-1-3-8(9)10-5-7(13)6-11(14)15-10/h1-4,10H,5-6H2. The number of halogens is 1. The molecule has 0 spiro atoms. The Hall–Kier alpha value is -1.35. The van der Waals surface area contributed by atoms with Gasteiger partial charge in [0, 0.05) is 17.0 Å². The number of cyclic esters (lactones) is 1. The normalized spacial score (nSPS) is 21.3. The van der Waals surface area contributed by atoms with Gasteiger partial charge in [0.2, 0.25) is 0 Å². The molecule has 0 aliphatic carbocycles. The first-order chi connectivity index (χ1) is 7.16. The van der Waals surface area contributed by atoms with Gasteiger partial charge in [-0.3, -0.25) is 9.59 Å². The van der Waals surface area contributed by atoms with E-state index < -0.39 is 12.1 Å². The maximum absolute atomic E-state index is 11.2. The van der Waals surface area contributed by atoms with E-state index in [2.05, 4.69) is 0 Å². The molecule has 1 saturated heterocycles. The number of hydrogen-bond donors (Lipinski definition) is 0. The molecule has 1 aromatic carbocycles. The number of Topliss-reactive ketones (excluding diaryl/α,β-unsaturated/α-hetero) is 1. The van der Waals surface area contributed by atoms with Crippen molar-refractivity contribution in [2.45, 2.75) is 18.9 Å². The second kappa shape index (κ2) is 4.03. The number of rotatable bonds is 1. The van der Waals surface area contributed by atoms with Crippen molar-refractivity contribution in [3.63, 3.8) is 0 Å². The molecule has 0 N–H and O–H groups in total. The van der Waals surface area contributed by atoms with Gasteiger partial charge in [-0.2, -0.15) is 0 Å². The summed E-state index contributed by atoms with van der Waals surface area (Å²) >= 11 is 5.95. The highest BCUT2D eigenvalue weighted by Gasteiger charge is 2.28. The highest BCUT2D eigenvalue weighted by atomic mass is 35.5. The van der Waals surface area contributed by atoms with Crippen molar-refractivity contribution in [3.8, 4) is 0 Å². The third-order valence-corrected chi connectivity index (χ3v) is 2.62. The number of hydrogen-bond acceptors (Lipinski definition) is 3. The van der Waals surface area contributed by atoms with Gasteiger partial charge >= 0.3 is 5.97 Å². The maximum atomic E-state index is 11.2. The number of esters is 1. The van der Waals surface area contributed by atoms with E-state index >= 15 is 0 Å². The van der Waals surface area contributed by atoms with Crippen LogP contribution in [0.15, 0.2) is 24.3 Å². The molecule has 1 fully saturated rings. The fraction of sp³-hybridized carbons (Fsp3) is 0.273. The molecule has 1 atom stereocenters. The number of ether oxygens (including phenoxy) is 1. The van der Waals surface area contributed by atoms with E-state index in [4.69, 9.17) is 16.3 Å². The van der Waals surface area contributed by atoms with E-state index in [1.165, 1.54) is 0 Å². The van der Waals surface area contributed by atoms with Crippen molar-refractivity contribution in [3.05, 3.63) is 34.9 Å². The van der Waals surface area contributed by atoms with Crippen LogP contribution in [0.3, 0.4) is 0 Å². The SMILES string of the molecule is O=C1CC(=O)OC(c2ccccc2Cl)C1. The third kappa shape index (κ3) is 2.18. The largest absolute Gasteiger partial charge is 0.457 e. The molecular formula is C11H9ClO3.